The van der Waals surface area contributed by atoms with Gasteiger partial charge in [0.05, 0.1) is 5.56 Å². The number of nitroso groups, excluding NO2 is 1. The topological polar surface area (TPSA) is 46.4 Å². The van der Waals surface area contributed by atoms with Crippen molar-refractivity contribution in [3.8, 4) is 22.3 Å². The van der Waals surface area contributed by atoms with Crippen LogP contribution in [0.2, 0.25) is 0 Å². The first-order chi connectivity index (χ1) is 14.0. The van der Waals surface area contributed by atoms with Crippen LogP contribution in [0.3, 0.4) is 0 Å². The summed E-state index contributed by atoms with van der Waals surface area (Å²) in [5.74, 6) is 0. The molecule has 0 bridgehead atoms. The van der Waals surface area contributed by atoms with Crippen molar-refractivity contribution in [2.24, 2.45) is 0 Å². The molecule has 0 aliphatic carbocycles. The average Bonchev–Trinajstić information content (AvgIpc) is 2.71. The molecule has 4 nitrogen and oxygen atoms in total. The van der Waals surface area contributed by atoms with E-state index in [4.69, 9.17) is 0 Å². The van der Waals surface area contributed by atoms with E-state index in [1.807, 2.05) is 114 Å². The third-order valence-electron chi connectivity index (χ3n) is 4.95. The van der Waals surface area contributed by atoms with E-state index in [9.17, 15) is 10.1 Å². The highest BCUT2D eigenvalue weighted by molar-refractivity contribution is 5.84. The predicted molar refractivity (Wildman–Crippen MR) is 126 cm³/mol. The van der Waals surface area contributed by atoms with E-state index in [0.717, 1.165) is 32.1 Å². The number of nitrogens with zero attached hydrogens (tertiary/aromatic N) is 2. The van der Waals surface area contributed by atoms with Crippen molar-refractivity contribution in [3.63, 3.8) is 0 Å². The average molecular weight is 403 g/mol. The molecule has 4 heteroatoms. The number of benzene rings is 3. The molecule has 0 N–H and O–H groups in total. The molecule has 0 aromatic heterocycles. The molecule has 0 spiro atoms. The molecule has 3 aromatic carbocycles. The van der Waals surface area contributed by atoms with E-state index in [-0.39, 0.29) is 0 Å². The molecule has 30 heavy (non-hydrogen) atoms. The monoisotopic (exact) mass is 402 g/mol. The Kier molecular flexibility index (Phi) is 5.82. The first-order valence-corrected chi connectivity index (χ1v) is 10.2. The van der Waals surface area contributed by atoms with Crippen LogP contribution in [-0.4, -0.2) is 15.8 Å². The van der Waals surface area contributed by atoms with Crippen LogP contribution in [0.25, 0.3) is 22.3 Å². The Hall–Kier alpha value is -2.98. The van der Waals surface area contributed by atoms with Gasteiger partial charge in [-0.15, -0.1) is 0 Å². The highest BCUT2D eigenvalue weighted by Crippen LogP contribution is 2.38. The van der Waals surface area contributed by atoms with Gasteiger partial charge in [0.2, 0.25) is 5.54 Å². The Morgan fingerprint density at radius 3 is 1.87 bits per heavy atom. The van der Waals surface area contributed by atoms with Gasteiger partial charge in [-0.05, 0) is 50.1 Å². The predicted octanol–water partition coefficient (Wildman–Crippen LogP) is 7.33. The second-order valence-corrected chi connectivity index (χ2v) is 9.55. The van der Waals surface area contributed by atoms with Crippen LogP contribution >= 0.6 is 0 Å². The summed E-state index contributed by atoms with van der Waals surface area (Å²) >= 11 is 0. The summed E-state index contributed by atoms with van der Waals surface area (Å²) in [7, 11) is 0. The van der Waals surface area contributed by atoms with Crippen molar-refractivity contribution < 1.29 is 4.76 Å². The third-order valence-corrected chi connectivity index (χ3v) is 4.95. The fraction of sp³-hybridized carbons (Fsp3) is 0.308. The second kappa shape index (κ2) is 8.04. The maximum atomic E-state index is 12.9. The Bertz CT molecular complexity index is 1060. The smallest absolute Gasteiger partial charge is 0.264 e. The second-order valence-electron chi connectivity index (χ2n) is 9.55. The van der Waals surface area contributed by atoms with Crippen LogP contribution < -0.4 is 5.06 Å². The molecule has 0 heterocycles. The van der Waals surface area contributed by atoms with E-state index in [1.165, 1.54) is 0 Å². The molecule has 0 fully saturated rings. The van der Waals surface area contributed by atoms with Gasteiger partial charge in [-0.2, -0.15) is 0 Å². The van der Waals surface area contributed by atoms with Crippen LogP contribution in [0.1, 0.15) is 41.5 Å². The van der Waals surface area contributed by atoms with Gasteiger partial charge < -0.3 is 10.3 Å². The van der Waals surface area contributed by atoms with Crippen LogP contribution in [0.5, 0.6) is 0 Å². The number of hydrogen-bond donors (Lipinski definition) is 0. The van der Waals surface area contributed by atoms with Crippen molar-refractivity contribution in [2.75, 3.05) is 5.06 Å². The normalized spacial score (nSPS) is 12.0. The molecule has 0 aliphatic rings. The minimum Gasteiger partial charge on any atom is -0.758 e. The van der Waals surface area contributed by atoms with Crippen molar-refractivity contribution in [3.05, 3.63) is 82.9 Å². The van der Waals surface area contributed by atoms with E-state index in [0.29, 0.717) is 11.4 Å². The molecule has 0 aliphatic heterocycles. The number of anilines is 1. The number of para-hydroxylation sites is 2. The van der Waals surface area contributed by atoms with Crippen LogP contribution in [0, 0.1) is 10.1 Å². The standard InChI is InChI=1S/C26H30N2O2/c1-25(2,3)27(29)23-16-9-7-14-21(23)19-12-11-13-20(18-19)22-15-8-10-17-24(22)28(30)26(4,5)6/h7-18H,1-6H3. The number of hydroxylamine groups is 1. The van der Waals surface area contributed by atoms with Crippen LogP contribution in [-0.2, 0) is 0 Å². The first kappa shape index (κ1) is 21.7. The Balaban J connectivity index is 2.13. The zero-order valence-corrected chi connectivity index (χ0v) is 18.6. The minimum atomic E-state index is -0.546. The first-order valence-electron chi connectivity index (χ1n) is 10.2. The van der Waals surface area contributed by atoms with Crippen molar-refractivity contribution in [1.82, 2.24) is 0 Å². The fourth-order valence-corrected chi connectivity index (χ4v) is 3.37. The van der Waals surface area contributed by atoms with Gasteiger partial charge in [0.1, 0.15) is 0 Å². The van der Waals surface area contributed by atoms with Crippen molar-refractivity contribution in [1.29, 1.82) is 0 Å². The summed E-state index contributed by atoms with van der Waals surface area (Å²) in [5.41, 5.74) is 3.80. The minimum absolute atomic E-state index is 0.546. The van der Waals surface area contributed by atoms with E-state index < -0.39 is 11.1 Å². The van der Waals surface area contributed by atoms with Crippen molar-refractivity contribution >= 4 is 11.4 Å². The number of rotatable bonds is 4. The molecular weight excluding hydrogens is 372 g/mol. The molecule has 0 unspecified atom stereocenters. The molecule has 0 saturated heterocycles. The van der Waals surface area contributed by atoms with Crippen molar-refractivity contribution in [2.45, 2.75) is 52.6 Å². The summed E-state index contributed by atoms with van der Waals surface area (Å²) in [6.07, 6.45) is 0. The summed E-state index contributed by atoms with van der Waals surface area (Å²) < 4.78 is 1.06. The zero-order valence-electron chi connectivity index (χ0n) is 18.6. The largest absolute Gasteiger partial charge is 0.758 e. The van der Waals surface area contributed by atoms with E-state index in [1.54, 1.807) is 0 Å². The molecule has 156 valence electrons. The van der Waals surface area contributed by atoms with Gasteiger partial charge in [0.15, 0.2) is 0 Å². The zero-order chi connectivity index (χ0) is 22.1. The van der Waals surface area contributed by atoms with Gasteiger partial charge in [0.25, 0.3) is 5.69 Å². The fourth-order valence-electron chi connectivity index (χ4n) is 3.37. The molecule has 0 radical (unpaired) electrons. The quantitative estimate of drug-likeness (QED) is 0.339. The maximum absolute atomic E-state index is 12.9. The molecule has 3 rings (SSSR count). The van der Waals surface area contributed by atoms with Gasteiger partial charge >= 0.3 is 0 Å². The SMILES string of the molecule is CC(C)(C)N([O-])c1ccccc1-c1cccc(-c2ccccc2[N+](=O)C(C)(C)C)c1. The highest BCUT2D eigenvalue weighted by atomic mass is 16.5. The van der Waals surface area contributed by atoms with E-state index >= 15 is 0 Å². The van der Waals surface area contributed by atoms with Crippen LogP contribution in [0.15, 0.2) is 72.8 Å². The molecule has 0 atom stereocenters. The van der Waals surface area contributed by atoms with Crippen LogP contribution in [0.4, 0.5) is 11.4 Å². The lowest BCUT2D eigenvalue weighted by Crippen LogP contribution is -2.36. The highest BCUT2D eigenvalue weighted by Gasteiger charge is 2.33. The molecule has 0 amide bonds. The Morgan fingerprint density at radius 2 is 1.27 bits per heavy atom. The lowest BCUT2D eigenvalue weighted by atomic mass is 9.95. The number of hydrogen-bond acceptors (Lipinski definition) is 3. The van der Waals surface area contributed by atoms with Gasteiger partial charge in [-0.1, -0.05) is 48.5 Å². The van der Waals surface area contributed by atoms with E-state index in [2.05, 4.69) is 0 Å². The van der Waals surface area contributed by atoms with Gasteiger partial charge in [0, 0.05) is 53.3 Å². The molecular formula is C26H30N2O2. The summed E-state index contributed by atoms with van der Waals surface area (Å²) in [6, 6.07) is 23.3. The lowest BCUT2D eigenvalue weighted by Gasteiger charge is -2.44. The summed E-state index contributed by atoms with van der Waals surface area (Å²) in [4.78, 5) is 12.9. The Labute approximate surface area is 179 Å². The van der Waals surface area contributed by atoms with Gasteiger partial charge in [-0.25, -0.2) is 0 Å². The summed E-state index contributed by atoms with van der Waals surface area (Å²) in [6.45, 7) is 11.4. The van der Waals surface area contributed by atoms with Gasteiger partial charge in [-0.3, -0.25) is 0 Å². The lowest BCUT2D eigenvalue weighted by molar-refractivity contribution is -0.539. The summed E-state index contributed by atoms with van der Waals surface area (Å²) in [5, 5.41) is 14.0. The Morgan fingerprint density at radius 1 is 0.733 bits per heavy atom. The molecule has 0 saturated carbocycles. The maximum Gasteiger partial charge on any atom is 0.264 e. The molecule has 3 aromatic rings. The third kappa shape index (κ3) is 4.44.